The second-order valence-corrected chi connectivity index (χ2v) is 3.68. The molecule has 0 aliphatic rings. The van der Waals surface area contributed by atoms with Crippen LogP contribution in [0.1, 0.15) is 35.6 Å². The van der Waals surface area contributed by atoms with Crippen LogP contribution in [0.15, 0.2) is 18.5 Å². The Hall–Kier alpha value is -2.04. The number of aromatic nitrogens is 4. The normalized spacial score (nSPS) is 10.5. The van der Waals surface area contributed by atoms with Crippen LogP contribution in [-0.4, -0.2) is 26.0 Å². The summed E-state index contributed by atoms with van der Waals surface area (Å²) in [4.78, 5) is 18.8. The SMILES string of the molecule is CCc1cc(CC)n(-c2ncc(C=O)cn2)n1. The van der Waals surface area contributed by atoms with Crippen molar-refractivity contribution in [2.45, 2.75) is 26.7 Å². The van der Waals surface area contributed by atoms with E-state index in [4.69, 9.17) is 0 Å². The van der Waals surface area contributed by atoms with Crippen molar-refractivity contribution < 1.29 is 4.79 Å². The summed E-state index contributed by atoms with van der Waals surface area (Å²) in [6.45, 7) is 4.12. The van der Waals surface area contributed by atoms with Crippen LogP contribution >= 0.6 is 0 Å². The van der Waals surface area contributed by atoms with E-state index in [9.17, 15) is 4.79 Å². The first-order chi connectivity index (χ1) is 8.28. The van der Waals surface area contributed by atoms with Crippen LogP contribution in [0.4, 0.5) is 0 Å². The van der Waals surface area contributed by atoms with Crippen LogP contribution in [0.5, 0.6) is 0 Å². The Morgan fingerprint density at radius 1 is 1.24 bits per heavy atom. The second kappa shape index (κ2) is 4.86. The summed E-state index contributed by atoms with van der Waals surface area (Å²) in [5.74, 6) is 0.507. The fourth-order valence-electron chi connectivity index (χ4n) is 1.57. The molecule has 0 spiro atoms. The van der Waals surface area contributed by atoms with Crippen LogP contribution in [0, 0.1) is 0 Å². The third-order valence-corrected chi connectivity index (χ3v) is 2.54. The van der Waals surface area contributed by atoms with E-state index >= 15 is 0 Å². The van der Waals surface area contributed by atoms with Gasteiger partial charge in [0, 0.05) is 18.1 Å². The molecule has 5 heteroatoms. The predicted octanol–water partition coefficient (Wildman–Crippen LogP) is 1.60. The zero-order valence-corrected chi connectivity index (χ0v) is 9.92. The summed E-state index contributed by atoms with van der Waals surface area (Å²) < 4.78 is 1.73. The summed E-state index contributed by atoms with van der Waals surface area (Å²) >= 11 is 0. The van der Waals surface area contributed by atoms with E-state index in [2.05, 4.69) is 35.0 Å². The summed E-state index contributed by atoms with van der Waals surface area (Å²) in [5.41, 5.74) is 2.56. The van der Waals surface area contributed by atoms with Gasteiger partial charge in [-0.2, -0.15) is 5.10 Å². The minimum Gasteiger partial charge on any atom is -0.298 e. The average Bonchev–Trinajstić information content (AvgIpc) is 2.82. The number of aldehydes is 1. The Morgan fingerprint density at radius 3 is 2.47 bits per heavy atom. The molecule has 0 fully saturated rings. The first-order valence-electron chi connectivity index (χ1n) is 5.63. The van der Waals surface area contributed by atoms with Gasteiger partial charge in [0.1, 0.15) is 0 Å². The van der Waals surface area contributed by atoms with Crippen molar-refractivity contribution in [2.24, 2.45) is 0 Å². The van der Waals surface area contributed by atoms with Crippen molar-refractivity contribution in [3.63, 3.8) is 0 Å². The van der Waals surface area contributed by atoms with Crippen LogP contribution in [0.3, 0.4) is 0 Å². The van der Waals surface area contributed by atoms with Gasteiger partial charge in [0.25, 0.3) is 5.95 Å². The van der Waals surface area contributed by atoms with Gasteiger partial charge in [-0.15, -0.1) is 0 Å². The minimum absolute atomic E-state index is 0.467. The largest absolute Gasteiger partial charge is 0.298 e. The van der Waals surface area contributed by atoms with Gasteiger partial charge in [0.05, 0.1) is 11.3 Å². The molecule has 0 aliphatic heterocycles. The molecule has 88 valence electrons. The Balaban J connectivity index is 2.43. The molecule has 0 N–H and O–H groups in total. The average molecular weight is 230 g/mol. The first-order valence-corrected chi connectivity index (χ1v) is 5.63. The van der Waals surface area contributed by atoms with Gasteiger partial charge in [0.2, 0.25) is 0 Å². The molecule has 0 saturated heterocycles. The molecule has 0 unspecified atom stereocenters. The second-order valence-electron chi connectivity index (χ2n) is 3.68. The van der Waals surface area contributed by atoms with Crippen LogP contribution in [0.25, 0.3) is 5.95 Å². The first kappa shape index (κ1) is 11.4. The van der Waals surface area contributed by atoms with Gasteiger partial charge in [-0.25, -0.2) is 14.6 Å². The molecule has 2 heterocycles. The van der Waals surface area contributed by atoms with E-state index in [1.165, 1.54) is 12.4 Å². The molecule has 0 bridgehead atoms. The zero-order chi connectivity index (χ0) is 12.3. The van der Waals surface area contributed by atoms with Gasteiger partial charge in [-0.3, -0.25) is 4.79 Å². The molecular weight excluding hydrogens is 216 g/mol. The molecular formula is C12H14N4O. The molecule has 0 atom stereocenters. The van der Waals surface area contributed by atoms with E-state index < -0.39 is 0 Å². The van der Waals surface area contributed by atoms with Crippen molar-refractivity contribution in [1.82, 2.24) is 19.7 Å². The Morgan fingerprint density at radius 2 is 1.94 bits per heavy atom. The van der Waals surface area contributed by atoms with Crippen LogP contribution in [-0.2, 0) is 12.8 Å². The molecule has 0 saturated carbocycles. The number of carbonyl (C=O) groups excluding carboxylic acids is 1. The highest BCUT2D eigenvalue weighted by Gasteiger charge is 2.09. The molecule has 2 aromatic heterocycles. The smallest absolute Gasteiger partial charge is 0.250 e. The third-order valence-electron chi connectivity index (χ3n) is 2.54. The van der Waals surface area contributed by atoms with Crippen LogP contribution in [0.2, 0.25) is 0 Å². The lowest BCUT2D eigenvalue weighted by Gasteiger charge is -2.02. The molecule has 0 aromatic carbocycles. The molecule has 2 rings (SSSR count). The Kier molecular flexibility index (Phi) is 3.27. The monoisotopic (exact) mass is 230 g/mol. The van der Waals surface area contributed by atoms with E-state index in [-0.39, 0.29) is 0 Å². The maximum Gasteiger partial charge on any atom is 0.250 e. The number of hydrogen-bond acceptors (Lipinski definition) is 4. The lowest BCUT2D eigenvalue weighted by molar-refractivity contribution is 0.112. The van der Waals surface area contributed by atoms with Crippen molar-refractivity contribution in [3.05, 3.63) is 35.4 Å². The highest BCUT2D eigenvalue weighted by molar-refractivity contribution is 5.73. The van der Waals surface area contributed by atoms with Gasteiger partial charge >= 0.3 is 0 Å². The van der Waals surface area contributed by atoms with E-state index in [0.717, 1.165) is 30.5 Å². The molecule has 2 aromatic rings. The summed E-state index contributed by atoms with van der Waals surface area (Å²) in [7, 11) is 0. The highest BCUT2D eigenvalue weighted by Crippen LogP contribution is 2.10. The molecule has 17 heavy (non-hydrogen) atoms. The van der Waals surface area contributed by atoms with Gasteiger partial charge in [-0.1, -0.05) is 13.8 Å². The third kappa shape index (κ3) is 2.22. The summed E-state index contributed by atoms with van der Waals surface area (Å²) in [5, 5.41) is 4.43. The maximum atomic E-state index is 10.5. The number of rotatable bonds is 4. The van der Waals surface area contributed by atoms with Crippen molar-refractivity contribution in [2.75, 3.05) is 0 Å². The van der Waals surface area contributed by atoms with E-state index in [1.54, 1.807) is 4.68 Å². The quantitative estimate of drug-likeness (QED) is 0.748. The number of carbonyl (C=O) groups is 1. The number of hydrogen-bond donors (Lipinski definition) is 0. The number of nitrogens with zero attached hydrogens (tertiary/aromatic N) is 4. The van der Waals surface area contributed by atoms with Gasteiger partial charge in [-0.05, 0) is 18.9 Å². The van der Waals surface area contributed by atoms with E-state index in [0.29, 0.717) is 11.5 Å². The van der Waals surface area contributed by atoms with Crippen molar-refractivity contribution >= 4 is 6.29 Å². The highest BCUT2D eigenvalue weighted by atomic mass is 16.1. The van der Waals surface area contributed by atoms with Gasteiger partial charge < -0.3 is 0 Å². The summed E-state index contributed by atoms with van der Waals surface area (Å²) in [6.07, 6.45) is 5.48. The zero-order valence-electron chi connectivity index (χ0n) is 9.92. The number of aryl methyl sites for hydroxylation is 2. The molecule has 0 aliphatic carbocycles. The molecule has 0 radical (unpaired) electrons. The molecule has 0 amide bonds. The fourth-order valence-corrected chi connectivity index (χ4v) is 1.57. The maximum absolute atomic E-state index is 10.5. The lowest BCUT2D eigenvalue weighted by atomic mass is 10.3. The van der Waals surface area contributed by atoms with Crippen molar-refractivity contribution in [1.29, 1.82) is 0 Å². The van der Waals surface area contributed by atoms with Gasteiger partial charge in [0.15, 0.2) is 6.29 Å². The standard InChI is InChI=1S/C12H14N4O/c1-3-10-5-11(4-2)16(15-10)12-13-6-9(8-17)7-14-12/h5-8H,3-4H2,1-2H3. The van der Waals surface area contributed by atoms with Crippen LogP contribution < -0.4 is 0 Å². The van der Waals surface area contributed by atoms with E-state index in [1.807, 2.05) is 0 Å². The lowest BCUT2D eigenvalue weighted by Crippen LogP contribution is -2.06. The topological polar surface area (TPSA) is 60.7 Å². The van der Waals surface area contributed by atoms with Crippen molar-refractivity contribution in [3.8, 4) is 5.95 Å². The Labute approximate surface area is 99.5 Å². The molecule has 5 nitrogen and oxygen atoms in total. The summed E-state index contributed by atoms with van der Waals surface area (Å²) in [6, 6.07) is 2.05. The Bertz CT molecular complexity index is 516. The minimum atomic E-state index is 0.467. The fraction of sp³-hybridized carbons (Fsp3) is 0.333. The predicted molar refractivity (Wildman–Crippen MR) is 63.3 cm³/mol.